The summed E-state index contributed by atoms with van der Waals surface area (Å²) in [4.78, 5) is 12.1. The Kier molecular flexibility index (Phi) is 6.13. The van der Waals surface area contributed by atoms with Crippen molar-refractivity contribution < 1.29 is 17.9 Å². The normalized spacial score (nSPS) is 14.4. The third kappa shape index (κ3) is 4.87. The molecule has 1 heterocycles. The number of hydrogen-bond acceptors (Lipinski definition) is 4. The summed E-state index contributed by atoms with van der Waals surface area (Å²) in [6.45, 7) is 1.24. The van der Waals surface area contributed by atoms with Crippen molar-refractivity contribution in [2.45, 2.75) is 19.4 Å². The van der Waals surface area contributed by atoms with Crippen LogP contribution in [0.4, 0.5) is 0 Å². The summed E-state index contributed by atoms with van der Waals surface area (Å²) in [5.41, 5.74) is 2.78. The molecule has 0 unspecified atom stereocenters. The van der Waals surface area contributed by atoms with Crippen LogP contribution in [0.25, 0.3) is 0 Å². The van der Waals surface area contributed by atoms with Crippen molar-refractivity contribution in [3.05, 3.63) is 65.2 Å². The van der Waals surface area contributed by atoms with Crippen LogP contribution < -0.4 is 10.1 Å². The maximum absolute atomic E-state index is 12.6. The Morgan fingerprint density at radius 3 is 2.70 bits per heavy atom. The summed E-state index contributed by atoms with van der Waals surface area (Å²) < 4.78 is 31.8. The van der Waals surface area contributed by atoms with Crippen LogP contribution in [-0.4, -0.2) is 44.6 Å². The van der Waals surface area contributed by atoms with Crippen molar-refractivity contribution in [2.75, 3.05) is 26.0 Å². The summed E-state index contributed by atoms with van der Waals surface area (Å²) in [6, 6.07) is 14.8. The number of nitrogens with zero attached hydrogens (tertiary/aromatic N) is 1. The molecule has 6 nitrogen and oxygen atoms in total. The molecule has 0 atom stereocenters. The van der Waals surface area contributed by atoms with E-state index in [1.807, 2.05) is 24.3 Å². The van der Waals surface area contributed by atoms with E-state index in [9.17, 15) is 13.2 Å². The van der Waals surface area contributed by atoms with Gasteiger partial charge in [-0.05, 0) is 42.2 Å². The van der Waals surface area contributed by atoms with Gasteiger partial charge in [-0.15, -0.1) is 0 Å². The second kappa shape index (κ2) is 8.54. The highest BCUT2D eigenvalue weighted by molar-refractivity contribution is 7.89. The molecule has 2 aromatic carbocycles. The number of sulfonamides is 1. The number of carbonyl (C=O) groups is 1. The molecular formula is C20H24N2O4S. The number of methoxy groups -OCH3 is 1. The van der Waals surface area contributed by atoms with Crippen LogP contribution in [0.2, 0.25) is 0 Å². The van der Waals surface area contributed by atoms with Crippen LogP contribution in [-0.2, 0) is 23.0 Å². The molecule has 0 radical (unpaired) electrons. The number of ether oxygens (including phenoxy) is 1. The van der Waals surface area contributed by atoms with E-state index >= 15 is 0 Å². The topological polar surface area (TPSA) is 75.7 Å². The smallest absolute Gasteiger partial charge is 0.251 e. The van der Waals surface area contributed by atoms with Crippen LogP contribution in [0, 0.1) is 0 Å². The molecule has 1 amide bonds. The van der Waals surface area contributed by atoms with E-state index in [1.54, 1.807) is 35.7 Å². The number of hydrogen-bond donors (Lipinski definition) is 1. The minimum absolute atomic E-state index is 0.0214. The van der Waals surface area contributed by atoms with Crippen LogP contribution in [0.5, 0.6) is 5.75 Å². The lowest BCUT2D eigenvalue weighted by Gasteiger charge is -2.28. The van der Waals surface area contributed by atoms with Gasteiger partial charge in [0.05, 0.1) is 12.9 Å². The molecule has 0 saturated carbocycles. The molecule has 3 rings (SSSR count). The SMILES string of the molecule is COc1cccc(C(=O)NCCCS(=O)(=O)N2CCc3ccccc3C2)c1. The molecule has 0 saturated heterocycles. The lowest BCUT2D eigenvalue weighted by Crippen LogP contribution is -2.38. The molecule has 1 aliphatic heterocycles. The van der Waals surface area contributed by atoms with E-state index in [2.05, 4.69) is 5.32 Å². The molecular weight excluding hydrogens is 364 g/mol. The molecule has 2 aromatic rings. The zero-order chi connectivity index (χ0) is 19.3. The fourth-order valence-corrected chi connectivity index (χ4v) is 4.63. The number of fused-ring (bicyclic) bond motifs is 1. The summed E-state index contributed by atoms with van der Waals surface area (Å²) >= 11 is 0. The summed E-state index contributed by atoms with van der Waals surface area (Å²) in [7, 11) is -1.79. The predicted octanol–water partition coefficient (Wildman–Crippen LogP) is 2.20. The Hall–Kier alpha value is -2.38. The molecule has 1 N–H and O–H groups in total. The first-order chi connectivity index (χ1) is 13.0. The van der Waals surface area contributed by atoms with Gasteiger partial charge in [0.1, 0.15) is 5.75 Å². The first kappa shape index (κ1) is 19.4. The van der Waals surface area contributed by atoms with Crippen molar-refractivity contribution in [1.82, 2.24) is 9.62 Å². The number of nitrogens with one attached hydrogen (secondary N) is 1. The lowest BCUT2D eigenvalue weighted by molar-refractivity contribution is 0.0953. The van der Waals surface area contributed by atoms with Gasteiger partial charge in [0, 0.05) is 25.2 Å². The van der Waals surface area contributed by atoms with Gasteiger partial charge in [-0.1, -0.05) is 30.3 Å². The Balaban J connectivity index is 1.49. The first-order valence-electron chi connectivity index (χ1n) is 8.96. The van der Waals surface area contributed by atoms with Crippen LogP contribution in [0.15, 0.2) is 48.5 Å². The number of amides is 1. The molecule has 7 heteroatoms. The van der Waals surface area contributed by atoms with E-state index in [1.165, 1.54) is 5.56 Å². The van der Waals surface area contributed by atoms with E-state index in [-0.39, 0.29) is 11.7 Å². The second-order valence-electron chi connectivity index (χ2n) is 6.51. The van der Waals surface area contributed by atoms with Gasteiger partial charge in [-0.2, -0.15) is 4.31 Å². The zero-order valence-electron chi connectivity index (χ0n) is 15.3. The van der Waals surface area contributed by atoms with Crippen LogP contribution >= 0.6 is 0 Å². The number of rotatable bonds is 7. The summed E-state index contributed by atoms with van der Waals surface area (Å²) in [6.07, 6.45) is 1.11. The van der Waals surface area contributed by atoms with Gasteiger partial charge in [-0.25, -0.2) is 8.42 Å². The van der Waals surface area contributed by atoms with E-state index < -0.39 is 10.0 Å². The summed E-state index contributed by atoms with van der Waals surface area (Å²) in [5, 5.41) is 2.76. The molecule has 144 valence electrons. The quantitative estimate of drug-likeness (QED) is 0.738. The largest absolute Gasteiger partial charge is 0.497 e. The van der Waals surface area contributed by atoms with Crippen molar-refractivity contribution in [3.63, 3.8) is 0 Å². The average Bonchev–Trinajstić information content (AvgIpc) is 2.70. The van der Waals surface area contributed by atoms with Crippen LogP contribution in [0.3, 0.4) is 0 Å². The third-order valence-electron chi connectivity index (χ3n) is 4.69. The zero-order valence-corrected chi connectivity index (χ0v) is 16.2. The van der Waals surface area contributed by atoms with Gasteiger partial charge in [0.2, 0.25) is 10.0 Å². The predicted molar refractivity (Wildman–Crippen MR) is 104 cm³/mol. The van der Waals surface area contributed by atoms with E-state index in [0.29, 0.717) is 37.4 Å². The van der Waals surface area contributed by atoms with Gasteiger partial charge >= 0.3 is 0 Å². The third-order valence-corrected chi connectivity index (χ3v) is 6.59. The van der Waals surface area contributed by atoms with Crippen molar-refractivity contribution in [3.8, 4) is 5.75 Å². The highest BCUT2D eigenvalue weighted by atomic mass is 32.2. The molecule has 0 aliphatic carbocycles. The minimum atomic E-state index is -3.34. The molecule has 1 aliphatic rings. The van der Waals surface area contributed by atoms with Gasteiger partial charge in [-0.3, -0.25) is 4.79 Å². The fourth-order valence-electron chi connectivity index (χ4n) is 3.16. The Bertz CT molecular complexity index is 912. The Morgan fingerprint density at radius 1 is 1.15 bits per heavy atom. The highest BCUT2D eigenvalue weighted by Gasteiger charge is 2.26. The summed E-state index contributed by atoms with van der Waals surface area (Å²) in [5.74, 6) is 0.391. The Morgan fingerprint density at radius 2 is 1.93 bits per heavy atom. The fraction of sp³-hybridized carbons (Fsp3) is 0.350. The maximum Gasteiger partial charge on any atom is 0.251 e. The van der Waals surface area contributed by atoms with Crippen molar-refractivity contribution in [2.24, 2.45) is 0 Å². The van der Waals surface area contributed by atoms with Crippen molar-refractivity contribution in [1.29, 1.82) is 0 Å². The number of carbonyl (C=O) groups excluding carboxylic acids is 1. The minimum Gasteiger partial charge on any atom is -0.497 e. The number of benzene rings is 2. The van der Waals surface area contributed by atoms with Gasteiger partial charge < -0.3 is 10.1 Å². The highest BCUT2D eigenvalue weighted by Crippen LogP contribution is 2.21. The second-order valence-corrected chi connectivity index (χ2v) is 8.60. The lowest BCUT2D eigenvalue weighted by atomic mass is 10.0. The molecule has 0 spiro atoms. The molecule has 0 bridgehead atoms. The standard InChI is InChI=1S/C20H24N2O4S/c1-26-19-9-4-8-17(14-19)20(23)21-11-5-13-27(24,25)22-12-10-16-6-2-3-7-18(16)15-22/h2-4,6-9,14H,5,10-13,15H2,1H3,(H,21,23). The molecule has 27 heavy (non-hydrogen) atoms. The average molecular weight is 388 g/mol. The van der Waals surface area contributed by atoms with E-state index in [0.717, 1.165) is 12.0 Å². The molecule has 0 aromatic heterocycles. The van der Waals surface area contributed by atoms with Crippen LogP contribution in [0.1, 0.15) is 27.9 Å². The monoisotopic (exact) mass is 388 g/mol. The molecule has 0 fully saturated rings. The van der Waals surface area contributed by atoms with Crippen molar-refractivity contribution >= 4 is 15.9 Å². The van der Waals surface area contributed by atoms with Gasteiger partial charge in [0.15, 0.2) is 0 Å². The Labute approximate surface area is 160 Å². The van der Waals surface area contributed by atoms with E-state index in [4.69, 9.17) is 4.74 Å². The first-order valence-corrected chi connectivity index (χ1v) is 10.6. The maximum atomic E-state index is 12.6. The van der Waals surface area contributed by atoms with Gasteiger partial charge in [0.25, 0.3) is 5.91 Å².